The molecular formula is C10H8BrFN2O5S. The second kappa shape index (κ2) is 5.09. The molecule has 7 nitrogen and oxygen atoms in total. The van der Waals surface area contributed by atoms with Crippen LogP contribution < -0.4 is 4.90 Å². The highest BCUT2D eigenvalue weighted by Crippen LogP contribution is 2.29. The molecule has 1 amide bonds. The third-order valence-electron chi connectivity index (χ3n) is 2.82. The lowest BCUT2D eigenvalue weighted by atomic mass is 10.2. The normalized spacial score (nSPS) is 19.4. The zero-order valence-corrected chi connectivity index (χ0v) is 12.2. The fourth-order valence-electron chi connectivity index (χ4n) is 1.90. The van der Waals surface area contributed by atoms with E-state index in [0.29, 0.717) is 4.47 Å². The molecule has 108 valence electrons. The molecular weight excluding hydrogens is 359 g/mol. The molecule has 1 aromatic heterocycles. The molecule has 1 saturated heterocycles. The van der Waals surface area contributed by atoms with Crippen molar-refractivity contribution in [1.29, 1.82) is 0 Å². The van der Waals surface area contributed by atoms with Crippen LogP contribution in [0.2, 0.25) is 0 Å². The second-order valence-electron chi connectivity index (χ2n) is 4.13. The second-order valence-corrected chi connectivity index (χ2v) is 6.67. The fourth-order valence-corrected chi connectivity index (χ4v) is 2.88. The van der Waals surface area contributed by atoms with E-state index in [1.165, 1.54) is 12.3 Å². The van der Waals surface area contributed by atoms with Crippen molar-refractivity contribution >= 4 is 43.7 Å². The zero-order chi connectivity index (χ0) is 15.1. The Morgan fingerprint density at radius 1 is 1.55 bits per heavy atom. The molecule has 0 spiro atoms. The predicted octanol–water partition coefficient (Wildman–Crippen LogP) is 0.947. The molecule has 1 fully saturated rings. The van der Waals surface area contributed by atoms with Crippen molar-refractivity contribution in [3.8, 4) is 0 Å². The van der Waals surface area contributed by atoms with Crippen LogP contribution >= 0.6 is 15.9 Å². The number of carboxylic acid groups (broad SMARTS) is 1. The highest BCUT2D eigenvalue weighted by atomic mass is 79.9. The van der Waals surface area contributed by atoms with Gasteiger partial charge in [0.2, 0.25) is 5.91 Å². The SMILES string of the molecule is O=C(O)c1ncc(Br)cc1N1CC(S(=O)(=O)F)CC1=O. The van der Waals surface area contributed by atoms with Gasteiger partial charge in [-0.3, -0.25) is 4.79 Å². The van der Waals surface area contributed by atoms with E-state index in [-0.39, 0.29) is 5.69 Å². The first-order valence-corrected chi connectivity index (χ1v) is 7.57. The Bertz CT molecular complexity index is 693. The molecule has 0 aliphatic carbocycles. The van der Waals surface area contributed by atoms with Gasteiger partial charge in [-0.1, -0.05) is 0 Å². The molecule has 1 aliphatic heterocycles. The summed E-state index contributed by atoms with van der Waals surface area (Å²) in [7, 11) is -4.86. The monoisotopic (exact) mass is 366 g/mol. The van der Waals surface area contributed by atoms with Crippen LogP contribution in [0.5, 0.6) is 0 Å². The van der Waals surface area contributed by atoms with E-state index in [9.17, 15) is 21.9 Å². The smallest absolute Gasteiger partial charge is 0.356 e. The van der Waals surface area contributed by atoms with Gasteiger partial charge in [0.1, 0.15) is 5.25 Å². The molecule has 1 atom stereocenters. The Morgan fingerprint density at radius 2 is 2.20 bits per heavy atom. The van der Waals surface area contributed by atoms with Gasteiger partial charge >= 0.3 is 16.2 Å². The first kappa shape index (κ1) is 14.9. The van der Waals surface area contributed by atoms with Crippen molar-refractivity contribution in [1.82, 2.24) is 4.98 Å². The van der Waals surface area contributed by atoms with Gasteiger partial charge in [-0.15, -0.1) is 3.89 Å². The van der Waals surface area contributed by atoms with Crippen LogP contribution in [0.15, 0.2) is 16.7 Å². The third kappa shape index (κ3) is 2.80. The fraction of sp³-hybridized carbons (Fsp3) is 0.300. The van der Waals surface area contributed by atoms with Gasteiger partial charge in [-0.05, 0) is 22.0 Å². The van der Waals surface area contributed by atoms with E-state index in [0.717, 1.165) is 4.90 Å². The lowest BCUT2D eigenvalue weighted by Gasteiger charge is -2.17. The van der Waals surface area contributed by atoms with Gasteiger partial charge < -0.3 is 10.0 Å². The van der Waals surface area contributed by atoms with E-state index in [1.54, 1.807) is 0 Å². The Hall–Kier alpha value is -1.55. The number of carbonyl (C=O) groups excluding carboxylic acids is 1. The Kier molecular flexibility index (Phi) is 3.78. The summed E-state index contributed by atoms with van der Waals surface area (Å²) in [6.45, 7) is -0.434. The van der Waals surface area contributed by atoms with Crippen molar-refractivity contribution in [2.24, 2.45) is 0 Å². The number of rotatable bonds is 3. The maximum atomic E-state index is 12.9. The van der Waals surface area contributed by atoms with Gasteiger partial charge in [-0.2, -0.15) is 8.42 Å². The highest BCUT2D eigenvalue weighted by molar-refractivity contribution is 9.10. The van der Waals surface area contributed by atoms with Gasteiger partial charge in [0.05, 0.1) is 5.69 Å². The molecule has 2 rings (SSSR count). The summed E-state index contributed by atoms with van der Waals surface area (Å²) in [5, 5.41) is 7.53. The molecule has 2 heterocycles. The topological polar surface area (TPSA) is 105 Å². The molecule has 20 heavy (non-hydrogen) atoms. The van der Waals surface area contributed by atoms with Crippen molar-refractivity contribution in [2.45, 2.75) is 11.7 Å². The van der Waals surface area contributed by atoms with Crippen molar-refractivity contribution in [2.75, 3.05) is 11.4 Å². The van der Waals surface area contributed by atoms with Gasteiger partial charge in [-0.25, -0.2) is 9.78 Å². The number of hydrogen-bond donors (Lipinski definition) is 1. The van der Waals surface area contributed by atoms with Crippen molar-refractivity contribution < 1.29 is 27.0 Å². The number of amides is 1. The number of aromatic carboxylic acids is 1. The number of carbonyl (C=O) groups is 2. The molecule has 0 aromatic carbocycles. The minimum atomic E-state index is -4.86. The third-order valence-corrected chi connectivity index (χ3v) is 4.36. The number of nitrogens with zero attached hydrogens (tertiary/aromatic N) is 2. The number of anilines is 1. The number of pyridine rings is 1. The number of aromatic nitrogens is 1. The molecule has 1 aliphatic rings. The van der Waals surface area contributed by atoms with Crippen LogP contribution in [-0.4, -0.2) is 42.2 Å². The van der Waals surface area contributed by atoms with Gasteiger partial charge in [0.25, 0.3) is 0 Å². The molecule has 10 heteroatoms. The standard InChI is InChI=1S/C10H8BrFN2O5S/c11-5-1-7(9(10(16)17)13-3-5)14-4-6(2-8(14)15)20(12,18)19/h1,3,6H,2,4H2,(H,16,17). The molecule has 0 bridgehead atoms. The minimum Gasteiger partial charge on any atom is -0.476 e. The van der Waals surface area contributed by atoms with E-state index in [4.69, 9.17) is 5.11 Å². The Balaban J connectivity index is 2.45. The summed E-state index contributed by atoms with van der Waals surface area (Å²) < 4.78 is 35.1. The maximum absolute atomic E-state index is 12.9. The summed E-state index contributed by atoms with van der Waals surface area (Å²) in [4.78, 5) is 27.4. The molecule has 1 unspecified atom stereocenters. The first-order valence-electron chi connectivity index (χ1n) is 5.33. The van der Waals surface area contributed by atoms with Crippen molar-refractivity contribution in [3.05, 3.63) is 22.4 Å². The van der Waals surface area contributed by atoms with E-state index < -0.39 is 46.0 Å². The quantitative estimate of drug-likeness (QED) is 0.798. The average Bonchev–Trinajstić information content (AvgIpc) is 2.70. The number of halogens is 2. The predicted molar refractivity (Wildman–Crippen MR) is 69.7 cm³/mol. The van der Waals surface area contributed by atoms with Crippen molar-refractivity contribution in [3.63, 3.8) is 0 Å². The average molecular weight is 367 g/mol. The summed E-state index contributed by atoms with van der Waals surface area (Å²) in [6, 6.07) is 1.32. The van der Waals surface area contributed by atoms with Gasteiger partial charge in [0, 0.05) is 23.6 Å². The van der Waals surface area contributed by atoms with Crippen LogP contribution in [0.4, 0.5) is 9.57 Å². The molecule has 0 radical (unpaired) electrons. The van der Waals surface area contributed by atoms with Gasteiger partial charge in [0.15, 0.2) is 5.69 Å². The number of carboxylic acids is 1. The lowest BCUT2D eigenvalue weighted by molar-refractivity contribution is -0.117. The van der Waals surface area contributed by atoms with Crippen LogP contribution in [0.3, 0.4) is 0 Å². The van der Waals surface area contributed by atoms with Crippen LogP contribution in [-0.2, 0) is 15.0 Å². The molecule has 1 N–H and O–H groups in total. The minimum absolute atomic E-state index is 0.0666. The van der Waals surface area contributed by atoms with Crippen LogP contribution in [0.25, 0.3) is 0 Å². The highest BCUT2D eigenvalue weighted by Gasteiger charge is 2.40. The maximum Gasteiger partial charge on any atom is 0.356 e. The molecule has 0 saturated carbocycles. The summed E-state index contributed by atoms with van der Waals surface area (Å²) >= 11 is 3.08. The summed E-state index contributed by atoms with van der Waals surface area (Å²) in [6.07, 6.45) is 0.710. The summed E-state index contributed by atoms with van der Waals surface area (Å²) in [5.41, 5.74) is -0.471. The Labute approximate surface area is 121 Å². The Morgan fingerprint density at radius 3 is 2.70 bits per heavy atom. The lowest BCUT2D eigenvalue weighted by Crippen LogP contribution is -2.29. The first-order chi connectivity index (χ1) is 9.20. The van der Waals surface area contributed by atoms with E-state index >= 15 is 0 Å². The van der Waals surface area contributed by atoms with E-state index in [2.05, 4.69) is 20.9 Å². The largest absolute Gasteiger partial charge is 0.476 e. The van der Waals surface area contributed by atoms with Crippen LogP contribution in [0, 0.1) is 0 Å². The van der Waals surface area contributed by atoms with Crippen LogP contribution in [0.1, 0.15) is 16.9 Å². The zero-order valence-electron chi connectivity index (χ0n) is 9.79. The molecule has 1 aromatic rings. The number of hydrogen-bond acceptors (Lipinski definition) is 5. The summed E-state index contributed by atoms with van der Waals surface area (Å²) in [5.74, 6) is -2.04. The van der Waals surface area contributed by atoms with E-state index in [1.807, 2.05) is 0 Å².